The van der Waals surface area contributed by atoms with Gasteiger partial charge in [0.25, 0.3) is 0 Å². The van der Waals surface area contributed by atoms with Crippen LogP contribution in [-0.4, -0.2) is 77.8 Å². The molecular formula is C19H28N4O4. The summed E-state index contributed by atoms with van der Waals surface area (Å²) in [7, 11) is 2.02. The van der Waals surface area contributed by atoms with E-state index in [1.165, 1.54) is 0 Å². The Morgan fingerprint density at radius 1 is 1.26 bits per heavy atom. The predicted octanol–water partition coefficient (Wildman–Crippen LogP) is 1.08. The van der Waals surface area contributed by atoms with Gasteiger partial charge in [-0.15, -0.1) is 0 Å². The van der Waals surface area contributed by atoms with Gasteiger partial charge in [0.2, 0.25) is 0 Å². The first-order chi connectivity index (χ1) is 13.1. The van der Waals surface area contributed by atoms with Crippen LogP contribution in [-0.2, 0) is 17.8 Å². The summed E-state index contributed by atoms with van der Waals surface area (Å²) in [6.45, 7) is 7.37. The van der Waals surface area contributed by atoms with E-state index >= 15 is 0 Å². The number of hydrogen-bond donors (Lipinski definition) is 1. The average Bonchev–Trinajstić information content (AvgIpc) is 3.06. The van der Waals surface area contributed by atoms with Crippen LogP contribution >= 0.6 is 0 Å². The number of morpholine rings is 1. The van der Waals surface area contributed by atoms with Crippen LogP contribution in [0.1, 0.15) is 17.0 Å². The van der Waals surface area contributed by atoms with Gasteiger partial charge in [-0.3, -0.25) is 9.80 Å². The third-order valence-electron chi connectivity index (χ3n) is 4.53. The summed E-state index contributed by atoms with van der Waals surface area (Å²) >= 11 is 0. The number of aliphatic hydroxyl groups excluding tert-OH is 1. The van der Waals surface area contributed by atoms with Crippen molar-refractivity contribution in [3.05, 3.63) is 41.2 Å². The Balaban J connectivity index is 1.45. The van der Waals surface area contributed by atoms with Crippen molar-refractivity contribution in [2.75, 3.05) is 46.5 Å². The van der Waals surface area contributed by atoms with Crippen molar-refractivity contribution < 1.29 is 19.2 Å². The quantitative estimate of drug-likeness (QED) is 0.696. The largest absolute Gasteiger partial charge is 0.491 e. The van der Waals surface area contributed by atoms with E-state index < -0.39 is 6.10 Å². The molecule has 1 aliphatic heterocycles. The molecule has 1 unspecified atom stereocenters. The topological polar surface area (TPSA) is 84.1 Å². The predicted molar refractivity (Wildman–Crippen MR) is 99.4 cm³/mol. The second-order valence-electron chi connectivity index (χ2n) is 6.99. The zero-order valence-electron chi connectivity index (χ0n) is 16.0. The Morgan fingerprint density at radius 2 is 2.07 bits per heavy atom. The van der Waals surface area contributed by atoms with Crippen molar-refractivity contribution in [2.24, 2.45) is 0 Å². The van der Waals surface area contributed by atoms with Crippen molar-refractivity contribution in [3.8, 4) is 5.75 Å². The molecule has 3 rings (SSSR count). The Labute approximate surface area is 159 Å². The number of nitrogens with zero attached hydrogens (tertiary/aromatic N) is 4. The zero-order chi connectivity index (χ0) is 19.1. The first-order valence-electron chi connectivity index (χ1n) is 9.26. The smallest absolute Gasteiger partial charge is 0.122 e. The van der Waals surface area contributed by atoms with Gasteiger partial charge in [0.05, 0.1) is 13.2 Å². The van der Waals surface area contributed by atoms with Crippen LogP contribution in [0.3, 0.4) is 0 Å². The van der Waals surface area contributed by atoms with Crippen molar-refractivity contribution in [3.63, 3.8) is 0 Å². The standard InChI is InChI=1S/C19H28N4O4/c1-15-19(21-27-20-15)13-22(2)11-16-4-3-5-18(10-16)26-14-17(24)12-23-6-8-25-9-7-23/h3-5,10,17,24H,6-9,11-14H2,1-2H3. The maximum atomic E-state index is 10.2. The maximum Gasteiger partial charge on any atom is 0.122 e. The monoisotopic (exact) mass is 376 g/mol. The number of aromatic nitrogens is 2. The number of aliphatic hydroxyl groups is 1. The minimum absolute atomic E-state index is 0.278. The van der Waals surface area contributed by atoms with Gasteiger partial charge in [-0.1, -0.05) is 22.4 Å². The SMILES string of the molecule is Cc1nonc1CN(C)Cc1cccc(OCC(O)CN2CCOCC2)c1. The average molecular weight is 376 g/mol. The van der Waals surface area contributed by atoms with E-state index in [4.69, 9.17) is 14.1 Å². The molecule has 0 amide bonds. The van der Waals surface area contributed by atoms with Gasteiger partial charge in [0.1, 0.15) is 29.8 Å². The number of rotatable bonds is 9. The molecule has 2 heterocycles. The minimum Gasteiger partial charge on any atom is -0.491 e. The molecule has 2 aromatic rings. The number of hydrogen-bond acceptors (Lipinski definition) is 8. The molecule has 8 nitrogen and oxygen atoms in total. The molecule has 0 radical (unpaired) electrons. The molecule has 1 fully saturated rings. The van der Waals surface area contributed by atoms with Gasteiger partial charge in [0, 0.05) is 32.7 Å². The summed E-state index contributed by atoms with van der Waals surface area (Å²) in [6, 6.07) is 7.94. The molecule has 148 valence electrons. The molecular weight excluding hydrogens is 348 g/mol. The molecule has 0 bridgehead atoms. The van der Waals surface area contributed by atoms with Gasteiger partial charge in [-0.25, -0.2) is 4.63 Å². The summed E-state index contributed by atoms with van der Waals surface area (Å²) in [5.74, 6) is 0.765. The van der Waals surface area contributed by atoms with Crippen LogP contribution in [0.2, 0.25) is 0 Å². The van der Waals surface area contributed by atoms with Crippen LogP contribution in [0.15, 0.2) is 28.9 Å². The van der Waals surface area contributed by atoms with Crippen molar-refractivity contribution in [1.29, 1.82) is 0 Å². The lowest BCUT2D eigenvalue weighted by atomic mass is 10.2. The Kier molecular flexibility index (Phi) is 7.17. The molecule has 1 aliphatic rings. The summed E-state index contributed by atoms with van der Waals surface area (Å²) < 4.78 is 15.9. The fraction of sp³-hybridized carbons (Fsp3) is 0.579. The van der Waals surface area contributed by atoms with Crippen LogP contribution in [0.25, 0.3) is 0 Å². The lowest BCUT2D eigenvalue weighted by Gasteiger charge is -2.28. The molecule has 8 heteroatoms. The second kappa shape index (κ2) is 9.80. The number of aryl methyl sites for hydroxylation is 1. The lowest BCUT2D eigenvalue weighted by Crippen LogP contribution is -2.42. The number of benzene rings is 1. The van der Waals surface area contributed by atoms with E-state index in [9.17, 15) is 5.11 Å². The Morgan fingerprint density at radius 3 is 2.81 bits per heavy atom. The highest BCUT2D eigenvalue weighted by Gasteiger charge is 2.15. The van der Waals surface area contributed by atoms with E-state index in [-0.39, 0.29) is 6.61 Å². The summed E-state index contributed by atoms with van der Waals surface area (Å²) in [6.07, 6.45) is -0.517. The van der Waals surface area contributed by atoms with Crippen LogP contribution in [0.4, 0.5) is 0 Å². The second-order valence-corrected chi connectivity index (χ2v) is 6.99. The number of ether oxygens (including phenoxy) is 2. The first kappa shape index (κ1) is 19.8. The van der Waals surface area contributed by atoms with Crippen LogP contribution in [0.5, 0.6) is 5.75 Å². The van der Waals surface area contributed by atoms with E-state index in [1.54, 1.807) is 0 Å². The lowest BCUT2D eigenvalue weighted by molar-refractivity contribution is 0.00464. The van der Waals surface area contributed by atoms with Gasteiger partial charge >= 0.3 is 0 Å². The summed E-state index contributed by atoms with van der Waals surface area (Å²) in [5, 5.41) is 17.9. The van der Waals surface area contributed by atoms with E-state index in [0.29, 0.717) is 13.1 Å². The highest BCUT2D eigenvalue weighted by atomic mass is 16.6. The van der Waals surface area contributed by atoms with E-state index in [2.05, 4.69) is 26.2 Å². The molecule has 0 aliphatic carbocycles. The Bertz CT molecular complexity index is 703. The fourth-order valence-corrected chi connectivity index (χ4v) is 3.08. The third-order valence-corrected chi connectivity index (χ3v) is 4.53. The molecule has 1 atom stereocenters. The summed E-state index contributed by atoms with van der Waals surface area (Å²) in [5.41, 5.74) is 2.79. The molecule has 0 saturated carbocycles. The highest BCUT2D eigenvalue weighted by Crippen LogP contribution is 2.16. The van der Waals surface area contributed by atoms with Gasteiger partial charge < -0.3 is 14.6 Å². The summed E-state index contributed by atoms with van der Waals surface area (Å²) in [4.78, 5) is 4.34. The Hall–Kier alpha value is -2.00. The molecule has 1 aromatic heterocycles. The first-order valence-corrected chi connectivity index (χ1v) is 9.26. The third kappa shape index (κ3) is 6.28. The van der Waals surface area contributed by atoms with Gasteiger partial charge in [-0.2, -0.15) is 0 Å². The van der Waals surface area contributed by atoms with Crippen LogP contribution in [0, 0.1) is 6.92 Å². The number of β-amino-alcohol motifs (C(OH)–C–C–N with tert-alkyl or cyclic N) is 1. The molecule has 27 heavy (non-hydrogen) atoms. The van der Waals surface area contributed by atoms with Crippen molar-refractivity contribution in [1.82, 2.24) is 20.1 Å². The molecule has 1 N–H and O–H groups in total. The van der Waals surface area contributed by atoms with Crippen molar-refractivity contribution in [2.45, 2.75) is 26.1 Å². The normalized spacial score (nSPS) is 16.6. The molecule has 0 spiro atoms. The van der Waals surface area contributed by atoms with Crippen LogP contribution < -0.4 is 4.74 Å². The van der Waals surface area contributed by atoms with Gasteiger partial charge in [0.15, 0.2) is 0 Å². The molecule has 1 saturated heterocycles. The maximum absolute atomic E-state index is 10.2. The molecule has 1 aromatic carbocycles. The highest BCUT2D eigenvalue weighted by molar-refractivity contribution is 5.28. The minimum atomic E-state index is -0.517. The van der Waals surface area contributed by atoms with E-state index in [0.717, 1.165) is 55.5 Å². The van der Waals surface area contributed by atoms with Crippen molar-refractivity contribution >= 4 is 0 Å². The fourth-order valence-electron chi connectivity index (χ4n) is 3.08. The van der Waals surface area contributed by atoms with Gasteiger partial charge in [-0.05, 0) is 31.7 Å². The van der Waals surface area contributed by atoms with E-state index in [1.807, 2.05) is 32.2 Å². The zero-order valence-corrected chi connectivity index (χ0v) is 16.0.